The maximum Gasteiger partial charge on any atom is 0.191 e. The molecule has 0 aliphatic carbocycles. The van der Waals surface area contributed by atoms with Crippen LogP contribution < -0.4 is 5.32 Å². The molecular formula is C14H14BrN5S. The Hall–Kier alpha value is -1.60. The molecule has 0 saturated carbocycles. The van der Waals surface area contributed by atoms with Crippen LogP contribution in [0.1, 0.15) is 13.8 Å². The van der Waals surface area contributed by atoms with Crippen LogP contribution >= 0.6 is 27.7 Å². The second-order valence-electron chi connectivity index (χ2n) is 4.79. The number of nitrogens with zero attached hydrogens (tertiary/aromatic N) is 3. The van der Waals surface area contributed by atoms with Crippen molar-refractivity contribution < 1.29 is 0 Å². The van der Waals surface area contributed by atoms with Gasteiger partial charge in [-0.2, -0.15) is 5.10 Å². The summed E-state index contributed by atoms with van der Waals surface area (Å²) in [7, 11) is 0. The lowest BCUT2D eigenvalue weighted by Crippen LogP contribution is -1.99. The molecule has 3 rings (SSSR count). The standard InChI is InChI=1S/C14H14BrN5S/c1-8(2)21-14-18-12(11-7-16-20-13(11)19-14)17-10-5-3-4-9(15)6-10/h3-8H,1-2H3,(H2,16,17,18,19,20). The fourth-order valence-corrected chi connectivity index (χ4v) is 2.98. The van der Waals surface area contributed by atoms with E-state index in [1.54, 1.807) is 18.0 Å². The highest BCUT2D eigenvalue weighted by atomic mass is 79.9. The van der Waals surface area contributed by atoms with Gasteiger partial charge in [0.15, 0.2) is 10.8 Å². The van der Waals surface area contributed by atoms with Gasteiger partial charge in [0.25, 0.3) is 0 Å². The zero-order valence-corrected chi connectivity index (χ0v) is 14.0. The van der Waals surface area contributed by atoms with Gasteiger partial charge in [-0.25, -0.2) is 9.97 Å². The quantitative estimate of drug-likeness (QED) is 0.532. The maximum absolute atomic E-state index is 4.60. The van der Waals surface area contributed by atoms with Gasteiger partial charge in [-0.3, -0.25) is 5.10 Å². The van der Waals surface area contributed by atoms with E-state index in [9.17, 15) is 0 Å². The number of benzene rings is 1. The molecular weight excluding hydrogens is 350 g/mol. The predicted molar refractivity (Wildman–Crippen MR) is 90.1 cm³/mol. The number of H-pyrrole nitrogens is 1. The molecule has 2 heterocycles. The van der Waals surface area contributed by atoms with Crippen molar-refractivity contribution in [3.63, 3.8) is 0 Å². The number of aromatic amines is 1. The van der Waals surface area contributed by atoms with Crippen LogP contribution in [-0.2, 0) is 0 Å². The number of fused-ring (bicyclic) bond motifs is 1. The number of rotatable bonds is 4. The van der Waals surface area contributed by atoms with Gasteiger partial charge in [-0.05, 0) is 18.2 Å². The van der Waals surface area contributed by atoms with Crippen LogP contribution in [-0.4, -0.2) is 25.4 Å². The first-order valence-corrected chi connectivity index (χ1v) is 8.19. The SMILES string of the molecule is CC(C)Sc1nc(Nc2cccc(Br)c2)c2cn[nH]c2n1. The van der Waals surface area contributed by atoms with E-state index in [-0.39, 0.29) is 0 Å². The van der Waals surface area contributed by atoms with Crippen LogP contribution in [0.15, 0.2) is 40.1 Å². The van der Waals surface area contributed by atoms with Crippen LogP contribution in [0.25, 0.3) is 11.0 Å². The van der Waals surface area contributed by atoms with E-state index in [4.69, 9.17) is 0 Å². The molecule has 2 aromatic heterocycles. The molecule has 0 aliphatic heterocycles. The summed E-state index contributed by atoms with van der Waals surface area (Å²) in [5, 5.41) is 12.3. The number of hydrogen-bond acceptors (Lipinski definition) is 5. The minimum Gasteiger partial charge on any atom is -0.339 e. The molecule has 0 aliphatic rings. The predicted octanol–water partition coefficient (Wildman–Crippen LogP) is 4.36. The van der Waals surface area contributed by atoms with Gasteiger partial charge in [-0.15, -0.1) is 0 Å². The molecule has 0 radical (unpaired) electrons. The Morgan fingerprint density at radius 2 is 2.14 bits per heavy atom. The molecule has 0 spiro atoms. The summed E-state index contributed by atoms with van der Waals surface area (Å²) in [6.45, 7) is 4.24. The Balaban J connectivity index is 2.01. The van der Waals surface area contributed by atoms with E-state index >= 15 is 0 Å². The normalized spacial score (nSPS) is 11.2. The summed E-state index contributed by atoms with van der Waals surface area (Å²) in [4.78, 5) is 9.08. The highest BCUT2D eigenvalue weighted by Crippen LogP contribution is 2.28. The molecule has 21 heavy (non-hydrogen) atoms. The lowest BCUT2D eigenvalue weighted by atomic mass is 10.3. The number of halogens is 1. The molecule has 1 aromatic carbocycles. The van der Waals surface area contributed by atoms with E-state index < -0.39 is 0 Å². The number of hydrogen-bond donors (Lipinski definition) is 2. The van der Waals surface area contributed by atoms with E-state index in [2.05, 4.69) is 55.3 Å². The zero-order chi connectivity index (χ0) is 14.8. The van der Waals surface area contributed by atoms with Crippen molar-refractivity contribution in [1.29, 1.82) is 0 Å². The molecule has 108 valence electrons. The first-order valence-electron chi connectivity index (χ1n) is 6.52. The Labute approximate surface area is 135 Å². The number of nitrogens with one attached hydrogen (secondary N) is 2. The lowest BCUT2D eigenvalue weighted by molar-refractivity contribution is 0.971. The highest BCUT2D eigenvalue weighted by molar-refractivity contribution is 9.10. The van der Waals surface area contributed by atoms with Crippen molar-refractivity contribution in [2.24, 2.45) is 0 Å². The summed E-state index contributed by atoms with van der Waals surface area (Å²) in [5.74, 6) is 0.759. The van der Waals surface area contributed by atoms with Gasteiger partial charge in [0, 0.05) is 15.4 Å². The van der Waals surface area contributed by atoms with Crippen LogP contribution in [0.2, 0.25) is 0 Å². The van der Waals surface area contributed by atoms with Crippen molar-refractivity contribution in [2.45, 2.75) is 24.3 Å². The molecule has 0 unspecified atom stereocenters. The third kappa shape index (κ3) is 3.36. The molecule has 5 nitrogen and oxygen atoms in total. The monoisotopic (exact) mass is 363 g/mol. The molecule has 7 heteroatoms. The van der Waals surface area contributed by atoms with Gasteiger partial charge in [0.1, 0.15) is 5.82 Å². The molecule has 0 bridgehead atoms. The van der Waals surface area contributed by atoms with E-state index in [1.807, 2.05) is 24.3 Å². The van der Waals surface area contributed by atoms with Crippen molar-refractivity contribution >= 4 is 50.2 Å². The second-order valence-corrected chi connectivity index (χ2v) is 7.25. The Morgan fingerprint density at radius 3 is 2.90 bits per heavy atom. The average Bonchev–Trinajstić information content (AvgIpc) is 2.86. The summed E-state index contributed by atoms with van der Waals surface area (Å²) in [6, 6.07) is 7.96. The van der Waals surface area contributed by atoms with Gasteiger partial charge in [-0.1, -0.05) is 47.6 Å². The first kappa shape index (κ1) is 14.3. The Kier molecular flexibility index (Phi) is 4.12. The van der Waals surface area contributed by atoms with Gasteiger partial charge >= 0.3 is 0 Å². The van der Waals surface area contributed by atoms with Crippen LogP contribution in [0.4, 0.5) is 11.5 Å². The topological polar surface area (TPSA) is 66.5 Å². The number of aromatic nitrogens is 4. The molecule has 0 atom stereocenters. The van der Waals surface area contributed by atoms with E-state index in [1.165, 1.54) is 0 Å². The van der Waals surface area contributed by atoms with Crippen LogP contribution in [0.5, 0.6) is 0 Å². The van der Waals surface area contributed by atoms with E-state index in [0.29, 0.717) is 5.25 Å². The Bertz CT molecular complexity index is 771. The summed E-state index contributed by atoms with van der Waals surface area (Å²) in [6.07, 6.45) is 1.74. The smallest absolute Gasteiger partial charge is 0.191 e. The molecule has 0 fully saturated rings. The number of anilines is 2. The first-order chi connectivity index (χ1) is 10.1. The van der Waals surface area contributed by atoms with Crippen LogP contribution in [0, 0.1) is 0 Å². The number of thioether (sulfide) groups is 1. The highest BCUT2D eigenvalue weighted by Gasteiger charge is 2.11. The van der Waals surface area contributed by atoms with Gasteiger partial charge in [0.2, 0.25) is 0 Å². The fraction of sp³-hybridized carbons (Fsp3) is 0.214. The average molecular weight is 364 g/mol. The van der Waals surface area contributed by atoms with Gasteiger partial charge < -0.3 is 5.32 Å². The van der Waals surface area contributed by atoms with E-state index in [0.717, 1.165) is 32.2 Å². The van der Waals surface area contributed by atoms with Crippen molar-refractivity contribution in [3.05, 3.63) is 34.9 Å². The third-order valence-electron chi connectivity index (χ3n) is 2.72. The molecule has 0 saturated heterocycles. The van der Waals surface area contributed by atoms with Crippen molar-refractivity contribution in [3.8, 4) is 0 Å². The minimum atomic E-state index is 0.420. The second kappa shape index (κ2) is 6.03. The summed E-state index contributed by atoms with van der Waals surface area (Å²) in [5.41, 5.74) is 1.71. The largest absolute Gasteiger partial charge is 0.339 e. The van der Waals surface area contributed by atoms with Gasteiger partial charge in [0.05, 0.1) is 11.6 Å². The van der Waals surface area contributed by atoms with Crippen molar-refractivity contribution in [1.82, 2.24) is 20.2 Å². The summed E-state index contributed by atoms with van der Waals surface area (Å²) >= 11 is 5.09. The fourth-order valence-electron chi connectivity index (χ4n) is 1.88. The lowest BCUT2D eigenvalue weighted by Gasteiger charge is -2.09. The zero-order valence-electron chi connectivity index (χ0n) is 11.6. The Morgan fingerprint density at radius 1 is 1.29 bits per heavy atom. The molecule has 0 amide bonds. The third-order valence-corrected chi connectivity index (χ3v) is 4.08. The molecule has 2 N–H and O–H groups in total. The minimum absolute atomic E-state index is 0.420. The van der Waals surface area contributed by atoms with Crippen molar-refractivity contribution in [2.75, 3.05) is 5.32 Å². The van der Waals surface area contributed by atoms with Crippen LogP contribution in [0.3, 0.4) is 0 Å². The maximum atomic E-state index is 4.60. The molecule has 3 aromatic rings. The summed E-state index contributed by atoms with van der Waals surface area (Å²) < 4.78 is 1.02.